The van der Waals surface area contributed by atoms with Crippen LogP contribution >= 0.6 is 11.6 Å². The van der Waals surface area contributed by atoms with Gasteiger partial charge < -0.3 is 5.32 Å². The van der Waals surface area contributed by atoms with Gasteiger partial charge in [-0.05, 0) is 32.2 Å². The molecule has 0 saturated heterocycles. The molecule has 1 aromatic heterocycles. The molecule has 3 nitrogen and oxygen atoms in total. The van der Waals surface area contributed by atoms with Gasteiger partial charge in [0.15, 0.2) is 0 Å². The molecule has 1 atom stereocenters. The van der Waals surface area contributed by atoms with E-state index in [-0.39, 0.29) is 6.04 Å². The van der Waals surface area contributed by atoms with Crippen LogP contribution in [0.5, 0.6) is 0 Å². The van der Waals surface area contributed by atoms with Gasteiger partial charge >= 0.3 is 0 Å². The number of nitrogens with one attached hydrogen (secondary N) is 1. The number of halogens is 1. The van der Waals surface area contributed by atoms with Gasteiger partial charge in [0, 0.05) is 16.5 Å². The first-order chi connectivity index (χ1) is 7.22. The SMILES string of the molecule is CNC(C)c1ncnc2ccc(Cl)cc12. The summed E-state index contributed by atoms with van der Waals surface area (Å²) in [4.78, 5) is 8.49. The Kier molecular flexibility index (Phi) is 2.84. The number of benzene rings is 1. The summed E-state index contributed by atoms with van der Waals surface area (Å²) in [6.45, 7) is 2.06. The van der Waals surface area contributed by atoms with E-state index in [0.29, 0.717) is 5.02 Å². The van der Waals surface area contributed by atoms with Crippen LogP contribution in [-0.2, 0) is 0 Å². The minimum Gasteiger partial charge on any atom is -0.312 e. The highest BCUT2D eigenvalue weighted by molar-refractivity contribution is 6.31. The smallest absolute Gasteiger partial charge is 0.116 e. The fourth-order valence-electron chi connectivity index (χ4n) is 1.53. The summed E-state index contributed by atoms with van der Waals surface area (Å²) >= 11 is 5.96. The molecule has 0 aliphatic carbocycles. The molecule has 2 aromatic rings. The predicted octanol–water partition coefficient (Wildman–Crippen LogP) is 2.56. The number of aromatic nitrogens is 2. The van der Waals surface area contributed by atoms with Crippen molar-refractivity contribution in [2.24, 2.45) is 0 Å². The second-order valence-electron chi connectivity index (χ2n) is 3.43. The number of hydrogen-bond acceptors (Lipinski definition) is 3. The van der Waals surface area contributed by atoms with Crippen molar-refractivity contribution in [3.8, 4) is 0 Å². The highest BCUT2D eigenvalue weighted by atomic mass is 35.5. The van der Waals surface area contributed by atoms with E-state index in [1.807, 2.05) is 25.2 Å². The van der Waals surface area contributed by atoms with Gasteiger partial charge in [0.25, 0.3) is 0 Å². The molecule has 0 aliphatic rings. The molecule has 0 aliphatic heterocycles. The van der Waals surface area contributed by atoms with Gasteiger partial charge in [0.1, 0.15) is 6.33 Å². The third-order valence-electron chi connectivity index (χ3n) is 2.47. The Morgan fingerprint density at radius 1 is 1.33 bits per heavy atom. The number of rotatable bonds is 2. The lowest BCUT2D eigenvalue weighted by atomic mass is 10.1. The summed E-state index contributed by atoms with van der Waals surface area (Å²) in [7, 11) is 1.91. The maximum Gasteiger partial charge on any atom is 0.116 e. The molecule has 2 rings (SSSR count). The van der Waals surface area contributed by atoms with Crippen LogP contribution in [0, 0.1) is 0 Å². The first kappa shape index (κ1) is 10.3. The van der Waals surface area contributed by atoms with E-state index >= 15 is 0 Å². The van der Waals surface area contributed by atoms with Crippen molar-refractivity contribution in [2.75, 3.05) is 7.05 Å². The molecule has 0 spiro atoms. The van der Waals surface area contributed by atoms with Crippen molar-refractivity contribution in [2.45, 2.75) is 13.0 Å². The molecule has 4 heteroatoms. The number of fused-ring (bicyclic) bond motifs is 1. The molecule has 1 aromatic carbocycles. The van der Waals surface area contributed by atoms with E-state index in [1.54, 1.807) is 6.33 Å². The number of nitrogens with zero attached hydrogens (tertiary/aromatic N) is 2. The highest BCUT2D eigenvalue weighted by Gasteiger charge is 2.09. The molecule has 1 heterocycles. The van der Waals surface area contributed by atoms with Crippen LogP contribution in [0.2, 0.25) is 5.02 Å². The lowest BCUT2D eigenvalue weighted by molar-refractivity contribution is 0.637. The van der Waals surface area contributed by atoms with Gasteiger partial charge in [-0.3, -0.25) is 0 Å². The van der Waals surface area contributed by atoms with E-state index in [0.717, 1.165) is 16.6 Å². The Balaban J connectivity index is 2.68. The third kappa shape index (κ3) is 1.94. The maximum atomic E-state index is 5.96. The van der Waals surface area contributed by atoms with Crippen LogP contribution in [0.3, 0.4) is 0 Å². The molecule has 1 unspecified atom stereocenters. The Hall–Kier alpha value is -1.19. The molecule has 0 bridgehead atoms. The van der Waals surface area contributed by atoms with Crippen LogP contribution in [0.15, 0.2) is 24.5 Å². The van der Waals surface area contributed by atoms with E-state index < -0.39 is 0 Å². The van der Waals surface area contributed by atoms with Gasteiger partial charge in [0.2, 0.25) is 0 Å². The van der Waals surface area contributed by atoms with Gasteiger partial charge in [-0.1, -0.05) is 11.6 Å². The van der Waals surface area contributed by atoms with Crippen LogP contribution in [0.25, 0.3) is 10.9 Å². The standard InChI is InChI=1S/C11H12ClN3/c1-7(13-2)11-9-5-8(12)3-4-10(9)14-6-15-11/h3-7,13H,1-2H3. The Morgan fingerprint density at radius 2 is 2.13 bits per heavy atom. The van der Waals surface area contributed by atoms with E-state index in [9.17, 15) is 0 Å². The van der Waals surface area contributed by atoms with Gasteiger partial charge in [-0.2, -0.15) is 0 Å². The topological polar surface area (TPSA) is 37.8 Å². The minimum absolute atomic E-state index is 0.189. The van der Waals surface area contributed by atoms with Crippen molar-refractivity contribution in [1.29, 1.82) is 0 Å². The molecule has 0 radical (unpaired) electrons. The molecule has 0 fully saturated rings. The minimum atomic E-state index is 0.189. The zero-order chi connectivity index (χ0) is 10.8. The first-order valence-electron chi connectivity index (χ1n) is 4.80. The van der Waals surface area contributed by atoms with Crippen LogP contribution in [0.4, 0.5) is 0 Å². The van der Waals surface area contributed by atoms with Crippen LogP contribution < -0.4 is 5.32 Å². The van der Waals surface area contributed by atoms with Crippen LogP contribution in [-0.4, -0.2) is 17.0 Å². The zero-order valence-electron chi connectivity index (χ0n) is 8.66. The van der Waals surface area contributed by atoms with Crippen molar-refractivity contribution < 1.29 is 0 Å². The first-order valence-corrected chi connectivity index (χ1v) is 5.17. The van der Waals surface area contributed by atoms with E-state index in [2.05, 4.69) is 22.2 Å². The second kappa shape index (κ2) is 4.13. The summed E-state index contributed by atoms with van der Waals surface area (Å²) in [5.41, 5.74) is 1.90. The Labute approximate surface area is 93.5 Å². The average molecular weight is 222 g/mol. The summed E-state index contributed by atoms with van der Waals surface area (Å²) < 4.78 is 0. The highest BCUT2D eigenvalue weighted by Crippen LogP contribution is 2.23. The van der Waals surface area contributed by atoms with Crippen LogP contribution in [0.1, 0.15) is 18.7 Å². The summed E-state index contributed by atoms with van der Waals surface area (Å²) in [5.74, 6) is 0. The molecule has 78 valence electrons. The lowest BCUT2D eigenvalue weighted by Gasteiger charge is -2.11. The average Bonchev–Trinajstić information content (AvgIpc) is 2.27. The summed E-state index contributed by atoms with van der Waals surface area (Å²) in [5, 5.41) is 4.88. The predicted molar refractivity (Wildman–Crippen MR) is 62.0 cm³/mol. The quantitative estimate of drug-likeness (QED) is 0.847. The Bertz CT molecular complexity index is 484. The van der Waals surface area contributed by atoms with Crippen molar-refractivity contribution >= 4 is 22.5 Å². The summed E-state index contributed by atoms with van der Waals surface area (Å²) in [6.07, 6.45) is 1.58. The monoisotopic (exact) mass is 221 g/mol. The maximum absolute atomic E-state index is 5.96. The molecule has 15 heavy (non-hydrogen) atoms. The normalized spacial score (nSPS) is 13.0. The zero-order valence-corrected chi connectivity index (χ0v) is 9.42. The second-order valence-corrected chi connectivity index (χ2v) is 3.87. The van der Waals surface area contributed by atoms with E-state index in [1.165, 1.54) is 0 Å². The fraction of sp³-hybridized carbons (Fsp3) is 0.273. The fourth-order valence-corrected chi connectivity index (χ4v) is 1.70. The van der Waals surface area contributed by atoms with Crippen molar-refractivity contribution in [1.82, 2.24) is 15.3 Å². The third-order valence-corrected chi connectivity index (χ3v) is 2.71. The van der Waals surface area contributed by atoms with Gasteiger partial charge in [-0.15, -0.1) is 0 Å². The molecular formula is C11H12ClN3. The molecule has 0 saturated carbocycles. The number of hydrogen-bond donors (Lipinski definition) is 1. The van der Waals surface area contributed by atoms with Gasteiger partial charge in [0.05, 0.1) is 11.2 Å². The largest absolute Gasteiger partial charge is 0.312 e. The Morgan fingerprint density at radius 3 is 2.87 bits per heavy atom. The van der Waals surface area contributed by atoms with Crippen molar-refractivity contribution in [3.05, 3.63) is 35.2 Å². The summed E-state index contributed by atoms with van der Waals surface area (Å²) in [6, 6.07) is 5.84. The molecular weight excluding hydrogens is 210 g/mol. The van der Waals surface area contributed by atoms with Crippen molar-refractivity contribution in [3.63, 3.8) is 0 Å². The lowest BCUT2D eigenvalue weighted by Crippen LogP contribution is -2.14. The van der Waals surface area contributed by atoms with E-state index in [4.69, 9.17) is 11.6 Å². The molecule has 1 N–H and O–H groups in total. The van der Waals surface area contributed by atoms with Gasteiger partial charge in [-0.25, -0.2) is 9.97 Å². The molecule has 0 amide bonds.